The lowest BCUT2D eigenvalue weighted by Crippen LogP contribution is -2.52. The fourth-order valence-corrected chi connectivity index (χ4v) is 4.57. The fraction of sp³-hybridized carbons (Fsp3) is 0.917. The summed E-state index contributed by atoms with van der Waals surface area (Å²) in [6.07, 6.45) is 3.63. The van der Waals surface area contributed by atoms with E-state index in [-0.39, 0.29) is 47.8 Å². The van der Waals surface area contributed by atoms with Gasteiger partial charge in [-0.25, -0.2) is 8.42 Å². The summed E-state index contributed by atoms with van der Waals surface area (Å²) in [7, 11) is -2.96. The van der Waals surface area contributed by atoms with E-state index in [9.17, 15) is 13.2 Å². The van der Waals surface area contributed by atoms with Crippen molar-refractivity contribution >= 4 is 28.2 Å². The molecule has 7 heteroatoms. The molecule has 0 radical (unpaired) electrons. The van der Waals surface area contributed by atoms with Crippen LogP contribution in [-0.2, 0) is 14.6 Å². The van der Waals surface area contributed by atoms with E-state index in [0.29, 0.717) is 6.54 Å². The van der Waals surface area contributed by atoms with Gasteiger partial charge in [0.15, 0.2) is 9.84 Å². The molecule has 2 N–H and O–H groups in total. The van der Waals surface area contributed by atoms with Crippen molar-refractivity contribution in [3.05, 3.63) is 0 Å². The van der Waals surface area contributed by atoms with E-state index < -0.39 is 9.84 Å². The zero-order valence-electron chi connectivity index (χ0n) is 11.2. The van der Waals surface area contributed by atoms with Gasteiger partial charge in [-0.15, -0.1) is 12.4 Å². The molecular weight excluding hydrogens is 288 g/mol. The first kappa shape index (κ1) is 16.7. The third kappa shape index (κ3) is 4.07. The van der Waals surface area contributed by atoms with Crippen LogP contribution in [0.4, 0.5) is 0 Å². The summed E-state index contributed by atoms with van der Waals surface area (Å²) in [5.41, 5.74) is 5.90. The van der Waals surface area contributed by atoms with Crippen LogP contribution in [0.5, 0.6) is 0 Å². The zero-order chi connectivity index (χ0) is 13.3. The van der Waals surface area contributed by atoms with Gasteiger partial charge in [0.2, 0.25) is 5.91 Å². The van der Waals surface area contributed by atoms with Crippen molar-refractivity contribution in [1.29, 1.82) is 0 Å². The van der Waals surface area contributed by atoms with E-state index in [0.717, 1.165) is 25.7 Å². The monoisotopic (exact) mass is 310 g/mol. The molecule has 0 spiro atoms. The van der Waals surface area contributed by atoms with E-state index in [2.05, 4.69) is 0 Å². The molecule has 0 aromatic rings. The number of rotatable bonds is 1. The minimum atomic E-state index is -2.96. The molecule has 1 aliphatic carbocycles. The molecule has 1 aliphatic heterocycles. The molecule has 1 saturated heterocycles. The summed E-state index contributed by atoms with van der Waals surface area (Å²) in [6, 6.07) is -0.0778. The molecule has 2 rings (SSSR count). The summed E-state index contributed by atoms with van der Waals surface area (Å²) in [4.78, 5) is 14.1. The number of sulfone groups is 1. The van der Waals surface area contributed by atoms with Crippen molar-refractivity contribution in [2.75, 3.05) is 18.1 Å². The van der Waals surface area contributed by atoms with Crippen LogP contribution in [0.15, 0.2) is 0 Å². The SMILES string of the molecule is CC1CS(=O)(=O)CCN1C(=O)C1CCCC(N)C1.Cl. The number of halogens is 1. The quantitative estimate of drug-likeness (QED) is 0.768. The van der Waals surface area contributed by atoms with E-state index in [1.807, 2.05) is 6.92 Å². The first-order valence-corrected chi connectivity index (χ1v) is 8.47. The summed E-state index contributed by atoms with van der Waals surface area (Å²) in [6.45, 7) is 2.16. The molecule has 0 bridgehead atoms. The van der Waals surface area contributed by atoms with Gasteiger partial charge in [-0.1, -0.05) is 6.42 Å². The maximum atomic E-state index is 12.4. The lowest BCUT2D eigenvalue weighted by Gasteiger charge is -2.37. The van der Waals surface area contributed by atoms with Gasteiger partial charge in [-0.3, -0.25) is 4.79 Å². The Morgan fingerprint density at radius 2 is 2.00 bits per heavy atom. The average Bonchev–Trinajstić information content (AvgIpc) is 2.27. The van der Waals surface area contributed by atoms with E-state index in [1.54, 1.807) is 4.90 Å². The summed E-state index contributed by atoms with van der Waals surface area (Å²) in [5, 5.41) is 0. The predicted octanol–water partition coefficient (Wildman–Crippen LogP) is 0.571. The molecule has 2 aliphatic rings. The predicted molar refractivity (Wildman–Crippen MR) is 77.0 cm³/mol. The van der Waals surface area contributed by atoms with Gasteiger partial charge in [0.25, 0.3) is 0 Å². The molecule has 5 nitrogen and oxygen atoms in total. The van der Waals surface area contributed by atoms with Gasteiger partial charge < -0.3 is 10.6 Å². The largest absolute Gasteiger partial charge is 0.338 e. The summed E-state index contributed by atoms with van der Waals surface area (Å²) < 4.78 is 23.0. The Balaban J connectivity index is 0.00000180. The highest BCUT2D eigenvalue weighted by Crippen LogP contribution is 2.26. The van der Waals surface area contributed by atoms with Crippen molar-refractivity contribution < 1.29 is 13.2 Å². The van der Waals surface area contributed by atoms with Crippen LogP contribution in [0.2, 0.25) is 0 Å². The Morgan fingerprint density at radius 3 is 2.58 bits per heavy atom. The second-order valence-electron chi connectivity index (χ2n) is 5.62. The van der Waals surface area contributed by atoms with E-state index >= 15 is 0 Å². The molecule has 0 aromatic heterocycles. The molecule has 1 saturated carbocycles. The molecule has 3 unspecified atom stereocenters. The van der Waals surface area contributed by atoms with Crippen LogP contribution in [0.3, 0.4) is 0 Å². The van der Waals surface area contributed by atoms with Gasteiger partial charge in [0, 0.05) is 24.5 Å². The minimum absolute atomic E-state index is 0. The van der Waals surface area contributed by atoms with Crippen LogP contribution in [0.25, 0.3) is 0 Å². The standard InChI is InChI=1S/C12H22N2O3S.ClH/c1-9-8-18(16,17)6-5-14(9)12(15)10-3-2-4-11(13)7-10;/h9-11H,2-8,13H2,1H3;1H. The smallest absolute Gasteiger partial charge is 0.226 e. The molecule has 1 heterocycles. The highest BCUT2D eigenvalue weighted by atomic mass is 35.5. The van der Waals surface area contributed by atoms with E-state index in [1.165, 1.54) is 0 Å². The molecule has 0 aromatic carbocycles. The third-order valence-electron chi connectivity index (χ3n) is 4.02. The Labute approximate surface area is 121 Å². The Hall–Kier alpha value is -0.330. The Morgan fingerprint density at radius 1 is 1.32 bits per heavy atom. The first-order valence-electron chi connectivity index (χ1n) is 6.65. The number of carbonyl (C=O) groups is 1. The average molecular weight is 311 g/mol. The topological polar surface area (TPSA) is 80.5 Å². The second kappa shape index (κ2) is 6.41. The van der Waals surface area contributed by atoms with Crippen LogP contribution in [-0.4, -0.2) is 49.4 Å². The number of nitrogens with zero attached hydrogens (tertiary/aromatic N) is 1. The molecule has 19 heavy (non-hydrogen) atoms. The number of nitrogens with two attached hydrogens (primary N) is 1. The van der Waals surface area contributed by atoms with Crippen LogP contribution >= 0.6 is 12.4 Å². The fourth-order valence-electron chi connectivity index (χ4n) is 3.01. The summed E-state index contributed by atoms with van der Waals surface area (Å²) in [5.74, 6) is 0.295. The first-order chi connectivity index (χ1) is 8.39. The Bertz CT molecular complexity index is 427. The van der Waals surface area contributed by atoms with Crippen molar-refractivity contribution in [2.24, 2.45) is 11.7 Å². The van der Waals surface area contributed by atoms with Gasteiger partial charge in [0.1, 0.15) is 0 Å². The molecule has 1 amide bonds. The molecule has 2 fully saturated rings. The maximum Gasteiger partial charge on any atom is 0.226 e. The lowest BCUT2D eigenvalue weighted by molar-refractivity contribution is -0.138. The van der Waals surface area contributed by atoms with Crippen molar-refractivity contribution in [2.45, 2.75) is 44.7 Å². The van der Waals surface area contributed by atoms with Crippen LogP contribution in [0.1, 0.15) is 32.6 Å². The van der Waals surface area contributed by atoms with E-state index in [4.69, 9.17) is 5.73 Å². The number of hydrogen-bond acceptors (Lipinski definition) is 4. The number of carbonyl (C=O) groups excluding carboxylic acids is 1. The summed E-state index contributed by atoms with van der Waals surface area (Å²) >= 11 is 0. The maximum absolute atomic E-state index is 12.4. The number of amides is 1. The minimum Gasteiger partial charge on any atom is -0.338 e. The third-order valence-corrected chi connectivity index (χ3v) is 5.81. The normalized spacial score (nSPS) is 34.4. The van der Waals surface area contributed by atoms with Crippen molar-refractivity contribution in [3.8, 4) is 0 Å². The van der Waals surface area contributed by atoms with Crippen LogP contribution < -0.4 is 5.73 Å². The number of hydrogen-bond donors (Lipinski definition) is 1. The molecular formula is C12H23ClN2O3S. The van der Waals surface area contributed by atoms with Gasteiger partial charge >= 0.3 is 0 Å². The second-order valence-corrected chi connectivity index (χ2v) is 7.85. The molecule has 3 atom stereocenters. The highest BCUT2D eigenvalue weighted by molar-refractivity contribution is 7.91. The Kier molecular flexibility index (Phi) is 5.65. The van der Waals surface area contributed by atoms with Crippen molar-refractivity contribution in [1.82, 2.24) is 4.90 Å². The molecule has 112 valence electrons. The lowest BCUT2D eigenvalue weighted by atomic mass is 9.85. The highest BCUT2D eigenvalue weighted by Gasteiger charge is 2.35. The zero-order valence-corrected chi connectivity index (χ0v) is 12.9. The van der Waals surface area contributed by atoms with Gasteiger partial charge in [-0.05, 0) is 26.2 Å². The van der Waals surface area contributed by atoms with Crippen molar-refractivity contribution in [3.63, 3.8) is 0 Å². The van der Waals surface area contributed by atoms with Gasteiger partial charge in [-0.2, -0.15) is 0 Å². The van der Waals surface area contributed by atoms with Gasteiger partial charge in [0.05, 0.1) is 11.5 Å². The van der Waals surface area contributed by atoms with Crippen LogP contribution in [0, 0.1) is 5.92 Å².